The van der Waals surface area contributed by atoms with Crippen molar-refractivity contribution in [1.29, 1.82) is 0 Å². The summed E-state index contributed by atoms with van der Waals surface area (Å²) < 4.78 is 5.43. The van der Waals surface area contributed by atoms with E-state index in [9.17, 15) is 5.11 Å². The minimum Gasteiger partial charge on any atom is -0.508 e. The second-order valence-corrected chi connectivity index (χ2v) is 4.31. The van der Waals surface area contributed by atoms with E-state index >= 15 is 0 Å². The molecule has 2 aromatic carbocycles. The number of anilines is 2. The molecule has 6 heteroatoms. The quantitative estimate of drug-likeness (QED) is 0.615. The second-order valence-electron chi connectivity index (χ2n) is 4.31. The van der Waals surface area contributed by atoms with E-state index in [1.165, 1.54) is 0 Å². The smallest absolute Gasteiger partial charge is 0.142 e. The fraction of sp³-hybridized carbons (Fsp3) is 0.200. The number of aliphatic hydroxyl groups is 1. The van der Waals surface area contributed by atoms with Crippen LogP contribution in [0.15, 0.2) is 42.5 Å². The zero-order valence-corrected chi connectivity index (χ0v) is 12.3. The first kappa shape index (κ1) is 16.9. The minimum absolute atomic E-state index is 0. The van der Waals surface area contributed by atoms with Crippen molar-refractivity contribution in [2.24, 2.45) is 0 Å². The maximum atomic E-state index is 9.72. The molecule has 0 fully saturated rings. The molecule has 0 bridgehead atoms. The van der Waals surface area contributed by atoms with Crippen LogP contribution in [0.1, 0.15) is 5.56 Å². The summed E-state index contributed by atoms with van der Waals surface area (Å²) >= 11 is 0. The van der Waals surface area contributed by atoms with E-state index in [-0.39, 0.29) is 31.4 Å². The molecule has 0 aromatic heterocycles. The first-order chi connectivity index (χ1) is 9.70. The van der Waals surface area contributed by atoms with Crippen molar-refractivity contribution in [1.82, 2.24) is 0 Å². The molecule has 0 aliphatic heterocycles. The van der Waals surface area contributed by atoms with E-state index in [2.05, 4.69) is 5.32 Å². The van der Waals surface area contributed by atoms with Gasteiger partial charge in [0.15, 0.2) is 0 Å². The van der Waals surface area contributed by atoms with Gasteiger partial charge in [-0.2, -0.15) is 0 Å². The van der Waals surface area contributed by atoms with Crippen molar-refractivity contribution < 1.29 is 14.9 Å². The second kappa shape index (κ2) is 8.24. The number of rotatable bonds is 6. The lowest BCUT2D eigenvalue weighted by Gasteiger charge is -2.14. The van der Waals surface area contributed by atoms with E-state index in [0.29, 0.717) is 18.0 Å². The fourth-order valence-corrected chi connectivity index (χ4v) is 1.82. The summed E-state index contributed by atoms with van der Waals surface area (Å²) in [6.45, 7) is 0.615. The lowest BCUT2D eigenvalue weighted by molar-refractivity contribution is 0.202. The molecule has 0 saturated heterocycles. The Morgan fingerprint density at radius 3 is 2.62 bits per heavy atom. The number of benzene rings is 2. The molecule has 2 rings (SSSR count). The number of hydrogen-bond acceptors (Lipinski definition) is 5. The normalized spacial score (nSPS) is 9.76. The van der Waals surface area contributed by atoms with Crippen molar-refractivity contribution in [3.8, 4) is 11.5 Å². The largest absolute Gasteiger partial charge is 0.508 e. The molecule has 114 valence electrons. The molecule has 0 radical (unpaired) electrons. The molecule has 0 heterocycles. The molecule has 0 saturated carbocycles. The third kappa shape index (κ3) is 4.73. The van der Waals surface area contributed by atoms with E-state index in [1.54, 1.807) is 30.3 Å². The zero-order chi connectivity index (χ0) is 14.4. The van der Waals surface area contributed by atoms with Gasteiger partial charge in [0.1, 0.15) is 18.1 Å². The Morgan fingerprint density at radius 1 is 1.14 bits per heavy atom. The lowest BCUT2D eigenvalue weighted by atomic mass is 10.2. The number of ether oxygens (including phenoxy) is 1. The summed E-state index contributed by atoms with van der Waals surface area (Å²) in [6.07, 6.45) is 0. The molecular formula is C15H19ClN2O3. The topological polar surface area (TPSA) is 87.7 Å². The third-order valence-electron chi connectivity index (χ3n) is 2.81. The summed E-state index contributed by atoms with van der Waals surface area (Å²) in [4.78, 5) is 0. The molecule has 5 N–H and O–H groups in total. The average Bonchev–Trinajstić information content (AvgIpc) is 2.45. The van der Waals surface area contributed by atoms with E-state index < -0.39 is 0 Å². The van der Waals surface area contributed by atoms with Crippen LogP contribution in [0, 0.1) is 0 Å². The van der Waals surface area contributed by atoms with Crippen LogP contribution in [-0.4, -0.2) is 23.4 Å². The van der Waals surface area contributed by atoms with Crippen LogP contribution in [0.2, 0.25) is 0 Å². The van der Waals surface area contributed by atoms with Crippen molar-refractivity contribution in [2.45, 2.75) is 6.54 Å². The van der Waals surface area contributed by atoms with Crippen molar-refractivity contribution in [3.05, 3.63) is 48.0 Å². The van der Waals surface area contributed by atoms with Crippen LogP contribution in [0.3, 0.4) is 0 Å². The van der Waals surface area contributed by atoms with Crippen LogP contribution in [0.4, 0.5) is 11.4 Å². The number of para-hydroxylation sites is 1. The molecule has 21 heavy (non-hydrogen) atoms. The number of aromatic hydroxyl groups is 1. The molecule has 0 aliphatic rings. The third-order valence-corrected chi connectivity index (χ3v) is 2.81. The molecule has 0 spiro atoms. The Kier molecular flexibility index (Phi) is 6.65. The highest BCUT2D eigenvalue weighted by Crippen LogP contribution is 2.28. The predicted octanol–water partition coefficient (Wildman–Crippen LogP) is 2.38. The van der Waals surface area contributed by atoms with Gasteiger partial charge in [-0.1, -0.05) is 18.2 Å². The van der Waals surface area contributed by atoms with Gasteiger partial charge < -0.3 is 26.0 Å². The summed E-state index contributed by atoms with van der Waals surface area (Å²) in [6, 6.07) is 12.3. The van der Waals surface area contributed by atoms with Crippen LogP contribution >= 0.6 is 12.4 Å². The Hall–Kier alpha value is -2.11. The SMILES string of the molecule is Cl.Nc1ccc(OCCO)c(NCc2ccccc2O)c1. The Balaban J connectivity index is 0.00000220. The van der Waals surface area contributed by atoms with Crippen LogP contribution in [0.5, 0.6) is 11.5 Å². The average molecular weight is 311 g/mol. The number of aliphatic hydroxyl groups excluding tert-OH is 1. The Labute approximate surface area is 129 Å². The van der Waals surface area contributed by atoms with Gasteiger partial charge in [-0.3, -0.25) is 0 Å². The Bertz CT molecular complexity index is 579. The van der Waals surface area contributed by atoms with Gasteiger partial charge in [0.05, 0.1) is 12.3 Å². The number of nitrogens with one attached hydrogen (secondary N) is 1. The summed E-state index contributed by atoms with van der Waals surface area (Å²) in [5, 5.41) is 21.7. The van der Waals surface area contributed by atoms with Gasteiger partial charge in [0, 0.05) is 17.8 Å². The maximum Gasteiger partial charge on any atom is 0.142 e. The zero-order valence-electron chi connectivity index (χ0n) is 11.5. The summed E-state index contributed by atoms with van der Waals surface area (Å²) in [5.74, 6) is 0.852. The molecule has 0 amide bonds. The number of halogens is 1. The van der Waals surface area contributed by atoms with Gasteiger partial charge in [0.2, 0.25) is 0 Å². The van der Waals surface area contributed by atoms with Crippen LogP contribution in [-0.2, 0) is 6.54 Å². The van der Waals surface area contributed by atoms with E-state index in [4.69, 9.17) is 15.6 Å². The molecule has 5 nitrogen and oxygen atoms in total. The minimum atomic E-state index is -0.0523. The first-order valence-corrected chi connectivity index (χ1v) is 6.34. The van der Waals surface area contributed by atoms with Crippen molar-refractivity contribution in [2.75, 3.05) is 24.3 Å². The number of nitrogen functional groups attached to an aromatic ring is 1. The lowest BCUT2D eigenvalue weighted by Crippen LogP contribution is -2.06. The highest BCUT2D eigenvalue weighted by molar-refractivity contribution is 5.85. The number of hydrogen-bond donors (Lipinski definition) is 4. The first-order valence-electron chi connectivity index (χ1n) is 6.34. The Morgan fingerprint density at radius 2 is 1.90 bits per heavy atom. The summed E-state index contributed by atoms with van der Waals surface area (Å²) in [5.41, 5.74) is 7.88. The van der Waals surface area contributed by atoms with Crippen LogP contribution in [0.25, 0.3) is 0 Å². The molecular weight excluding hydrogens is 292 g/mol. The van der Waals surface area contributed by atoms with Gasteiger partial charge >= 0.3 is 0 Å². The van der Waals surface area contributed by atoms with Crippen molar-refractivity contribution in [3.63, 3.8) is 0 Å². The van der Waals surface area contributed by atoms with Gasteiger partial charge in [-0.25, -0.2) is 0 Å². The highest BCUT2D eigenvalue weighted by Gasteiger charge is 2.06. The van der Waals surface area contributed by atoms with E-state index in [0.717, 1.165) is 11.3 Å². The predicted molar refractivity (Wildman–Crippen MR) is 86.1 cm³/mol. The monoisotopic (exact) mass is 310 g/mol. The van der Waals surface area contributed by atoms with Crippen LogP contribution < -0.4 is 15.8 Å². The number of phenolic OH excluding ortho intramolecular Hbond substituents is 1. The molecule has 0 aliphatic carbocycles. The highest BCUT2D eigenvalue weighted by atomic mass is 35.5. The van der Waals surface area contributed by atoms with Gasteiger partial charge in [-0.05, 0) is 24.3 Å². The molecule has 0 atom stereocenters. The molecule has 2 aromatic rings. The fourth-order valence-electron chi connectivity index (χ4n) is 1.82. The molecule has 0 unspecified atom stereocenters. The summed E-state index contributed by atoms with van der Waals surface area (Å²) in [7, 11) is 0. The van der Waals surface area contributed by atoms with Crippen molar-refractivity contribution >= 4 is 23.8 Å². The standard InChI is InChI=1S/C15H18N2O3.ClH/c16-12-5-6-15(20-8-7-18)13(9-12)17-10-11-3-1-2-4-14(11)19;/h1-6,9,17-19H,7-8,10,16H2;1H. The number of nitrogens with two attached hydrogens (primary N) is 1. The van der Waals surface area contributed by atoms with Gasteiger partial charge in [0.25, 0.3) is 0 Å². The van der Waals surface area contributed by atoms with E-state index in [1.807, 2.05) is 12.1 Å². The van der Waals surface area contributed by atoms with Gasteiger partial charge in [-0.15, -0.1) is 12.4 Å². The maximum absolute atomic E-state index is 9.72. The number of phenols is 1.